The maximum atomic E-state index is 12.9. The van der Waals surface area contributed by atoms with E-state index in [-0.39, 0.29) is 37.5 Å². The van der Waals surface area contributed by atoms with Crippen molar-refractivity contribution < 1.29 is 28.6 Å². The Labute approximate surface area is 438 Å². The molecule has 0 heterocycles. The third-order valence-electron chi connectivity index (χ3n) is 12.6. The summed E-state index contributed by atoms with van der Waals surface area (Å²) in [4.78, 5) is 38.2. The SMILES string of the molecule is CC/C=C\C/C=C\C/C=C\C/C=C\C/C=C\C/C=C\CCC(=O)OC[C@H](COC(=O)CCCCCCCCCCC/C=C\CCCCCCCC)OC(=O)CCCCCCC/C=C\CCCCCCCC. The number of esters is 3. The Balaban J connectivity index is 4.49. The van der Waals surface area contributed by atoms with E-state index in [1.54, 1.807) is 0 Å². The van der Waals surface area contributed by atoms with Crippen LogP contribution < -0.4 is 0 Å². The molecule has 0 saturated heterocycles. The van der Waals surface area contributed by atoms with Crippen LogP contribution in [0.5, 0.6) is 0 Å². The molecule has 6 nitrogen and oxygen atoms in total. The van der Waals surface area contributed by atoms with Crippen molar-refractivity contribution >= 4 is 17.9 Å². The van der Waals surface area contributed by atoms with Crippen LogP contribution in [0.15, 0.2) is 97.2 Å². The van der Waals surface area contributed by atoms with Gasteiger partial charge in [0.15, 0.2) is 6.10 Å². The summed E-state index contributed by atoms with van der Waals surface area (Å²) in [5.74, 6) is -0.998. The predicted molar refractivity (Wildman–Crippen MR) is 307 cm³/mol. The van der Waals surface area contributed by atoms with Crippen molar-refractivity contribution in [1.82, 2.24) is 0 Å². The molecular formula is C65H110O6. The Morgan fingerprint density at radius 2 is 0.577 bits per heavy atom. The first kappa shape index (κ1) is 67.3. The van der Waals surface area contributed by atoms with Crippen LogP contribution in [0, 0.1) is 0 Å². The Kier molecular flexibility index (Phi) is 55.9. The number of rotatable bonds is 53. The molecule has 0 rings (SSSR count). The van der Waals surface area contributed by atoms with Crippen LogP contribution in [0.25, 0.3) is 0 Å². The summed E-state index contributed by atoms with van der Waals surface area (Å²) in [5.41, 5.74) is 0. The van der Waals surface area contributed by atoms with E-state index >= 15 is 0 Å². The van der Waals surface area contributed by atoms with Crippen molar-refractivity contribution in [3.05, 3.63) is 97.2 Å². The lowest BCUT2D eigenvalue weighted by atomic mass is 10.1. The molecule has 0 aliphatic carbocycles. The van der Waals surface area contributed by atoms with E-state index in [2.05, 4.69) is 112 Å². The Bertz CT molecular complexity index is 1410. The van der Waals surface area contributed by atoms with Gasteiger partial charge in [0.1, 0.15) is 13.2 Å². The smallest absolute Gasteiger partial charge is 0.306 e. The number of ether oxygens (including phenoxy) is 3. The summed E-state index contributed by atoms with van der Waals surface area (Å²) in [7, 11) is 0. The van der Waals surface area contributed by atoms with Crippen molar-refractivity contribution in [1.29, 1.82) is 0 Å². The normalized spacial score (nSPS) is 12.8. The molecule has 1 atom stereocenters. The van der Waals surface area contributed by atoms with Gasteiger partial charge in [0.25, 0.3) is 0 Å². The molecule has 71 heavy (non-hydrogen) atoms. The van der Waals surface area contributed by atoms with Gasteiger partial charge in [0.05, 0.1) is 0 Å². The quantitative estimate of drug-likeness (QED) is 0.0261. The van der Waals surface area contributed by atoms with Crippen LogP contribution in [-0.4, -0.2) is 37.2 Å². The molecule has 0 aromatic rings. The molecule has 0 N–H and O–H groups in total. The van der Waals surface area contributed by atoms with Gasteiger partial charge in [-0.05, 0) is 109 Å². The summed E-state index contributed by atoms with van der Waals surface area (Å²) in [6, 6.07) is 0. The second-order valence-electron chi connectivity index (χ2n) is 19.5. The minimum Gasteiger partial charge on any atom is -0.462 e. The summed E-state index contributed by atoms with van der Waals surface area (Å²) in [6.45, 7) is 6.46. The van der Waals surface area contributed by atoms with Gasteiger partial charge < -0.3 is 14.2 Å². The highest BCUT2D eigenvalue weighted by molar-refractivity contribution is 5.71. The number of carbonyl (C=O) groups is 3. The maximum absolute atomic E-state index is 12.9. The van der Waals surface area contributed by atoms with E-state index in [0.717, 1.165) is 89.9 Å². The van der Waals surface area contributed by atoms with Crippen molar-refractivity contribution in [2.75, 3.05) is 13.2 Å². The highest BCUT2D eigenvalue weighted by atomic mass is 16.6. The molecule has 0 amide bonds. The minimum absolute atomic E-state index is 0.105. The second kappa shape index (κ2) is 58.9. The molecule has 0 aromatic carbocycles. The molecule has 0 spiro atoms. The first-order chi connectivity index (χ1) is 35.0. The lowest BCUT2D eigenvalue weighted by Crippen LogP contribution is -2.30. The van der Waals surface area contributed by atoms with Gasteiger partial charge in [-0.25, -0.2) is 0 Å². The highest BCUT2D eigenvalue weighted by Crippen LogP contribution is 2.15. The van der Waals surface area contributed by atoms with Gasteiger partial charge in [0.2, 0.25) is 0 Å². The molecular weight excluding hydrogens is 877 g/mol. The van der Waals surface area contributed by atoms with Crippen LogP contribution in [0.1, 0.15) is 278 Å². The summed E-state index contributed by atoms with van der Waals surface area (Å²) in [5, 5.41) is 0. The average molecular weight is 988 g/mol. The zero-order valence-corrected chi connectivity index (χ0v) is 46.5. The van der Waals surface area contributed by atoms with Gasteiger partial charge in [-0.15, -0.1) is 0 Å². The van der Waals surface area contributed by atoms with E-state index in [4.69, 9.17) is 14.2 Å². The van der Waals surface area contributed by atoms with Crippen molar-refractivity contribution in [3.8, 4) is 0 Å². The van der Waals surface area contributed by atoms with Crippen LogP contribution in [0.4, 0.5) is 0 Å². The van der Waals surface area contributed by atoms with E-state index in [1.165, 1.54) is 141 Å². The monoisotopic (exact) mass is 987 g/mol. The third kappa shape index (κ3) is 57.1. The zero-order valence-electron chi connectivity index (χ0n) is 46.5. The molecule has 0 saturated carbocycles. The number of hydrogen-bond donors (Lipinski definition) is 0. The molecule has 0 radical (unpaired) electrons. The maximum Gasteiger partial charge on any atom is 0.306 e. The standard InChI is InChI=1S/C65H110O6/c1-4-7-10-13-16-19-22-25-28-30-32-34-37-39-42-45-48-51-54-57-63(66)69-60-62(71-65(68)59-56-53-50-47-44-41-36-27-24-21-18-15-12-9-6-3)61-70-64(67)58-55-52-49-46-43-40-38-35-33-31-29-26-23-20-17-14-11-8-5-2/h7,10,16,19,25-29,32,34,36,39,42,48,51,62H,4-6,8-9,11-15,17-18,20-24,30-31,33,35,37-38,40-41,43-47,49-50,52-61H2,1-3H3/b10-7-,19-16-,28-25-,29-26-,34-32-,36-27-,42-39-,51-48-/t62-/m1/s1. The van der Waals surface area contributed by atoms with Crippen LogP contribution in [-0.2, 0) is 28.6 Å². The first-order valence-corrected chi connectivity index (χ1v) is 29.7. The number of carbonyl (C=O) groups excluding carboxylic acids is 3. The molecule has 0 aliphatic rings. The van der Waals surface area contributed by atoms with Gasteiger partial charge in [-0.1, -0.05) is 246 Å². The summed E-state index contributed by atoms with van der Waals surface area (Å²) < 4.78 is 16.8. The van der Waals surface area contributed by atoms with E-state index in [9.17, 15) is 14.4 Å². The van der Waals surface area contributed by atoms with Crippen LogP contribution in [0.3, 0.4) is 0 Å². The number of unbranched alkanes of at least 4 members (excludes halogenated alkanes) is 26. The topological polar surface area (TPSA) is 78.9 Å². The Hall–Kier alpha value is -3.67. The van der Waals surface area contributed by atoms with E-state index in [0.29, 0.717) is 19.3 Å². The Morgan fingerprint density at radius 3 is 0.944 bits per heavy atom. The van der Waals surface area contributed by atoms with Crippen molar-refractivity contribution in [2.24, 2.45) is 0 Å². The fourth-order valence-electron chi connectivity index (χ4n) is 8.11. The largest absolute Gasteiger partial charge is 0.462 e. The van der Waals surface area contributed by atoms with Crippen molar-refractivity contribution in [3.63, 3.8) is 0 Å². The highest BCUT2D eigenvalue weighted by Gasteiger charge is 2.19. The van der Waals surface area contributed by atoms with Gasteiger partial charge in [-0.2, -0.15) is 0 Å². The fourth-order valence-corrected chi connectivity index (χ4v) is 8.11. The van der Waals surface area contributed by atoms with E-state index < -0.39 is 6.10 Å². The first-order valence-electron chi connectivity index (χ1n) is 29.7. The molecule has 0 aromatic heterocycles. The van der Waals surface area contributed by atoms with Gasteiger partial charge in [0, 0.05) is 19.3 Å². The number of hydrogen-bond acceptors (Lipinski definition) is 6. The van der Waals surface area contributed by atoms with Crippen molar-refractivity contribution in [2.45, 2.75) is 284 Å². The fraction of sp³-hybridized carbons (Fsp3) is 0.708. The van der Waals surface area contributed by atoms with Gasteiger partial charge >= 0.3 is 17.9 Å². The Morgan fingerprint density at radius 1 is 0.296 bits per heavy atom. The average Bonchev–Trinajstić information content (AvgIpc) is 3.37. The molecule has 0 unspecified atom stereocenters. The number of allylic oxidation sites excluding steroid dienone is 16. The van der Waals surface area contributed by atoms with E-state index in [1.807, 2.05) is 6.08 Å². The predicted octanol–water partition coefficient (Wildman–Crippen LogP) is 20.1. The summed E-state index contributed by atoms with van der Waals surface area (Å²) >= 11 is 0. The van der Waals surface area contributed by atoms with Gasteiger partial charge in [-0.3, -0.25) is 14.4 Å². The summed E-state index contributed by atoms with van der Waals surface area (Å²) in [6.07, 6.45) is 78.4. The molecule has 406 valence electrons. The molecule has 0 bridgehead atoms. The minimum atomic E-state index is -0.814. The second-order valence-corrected chi connectivity index (χ2v) is 19.5. The lowest BCUT2D eigenvalue weighted by Gasteiger charge is -2.18. The van der Waals surface area contributed by atoms with Crippen LogP contribution >= 0.6 is 0 Å². The third-order valence-corrected chi connectivity index (χ3v) is 12.6. The molecule has 0 aliphatic heterocycles. The molecule has 0 fully saturated rings. The lowest BCUT2D eigenvalue weighted by molar-refractivity contribution is -0.166. The van der Waals surface area contributed by atoms with Crippen LogP contribution in [0.2, 0.25) is 0 Å². The molecule has 6 heteroatoms. The zero-order chi connectivity index (χ0) is 51.4.